The van der Waals surface area contributed by atoms with Gasteiger partial charge in [0.05, 0.1) is 23.3 Å². The molecule has 0 bridgehead atoms. The molecule has 1 aromatic carbocycles. The lowest BCUT2D eigenvalue weighted by atomic mass is 10.2. The minimum absolute atomic E-state index is 0.121. The molecule has 0 spiro atoms. The van der Waals surface area contributed by atoms with Gasteiger partial charge in [-0.05, 0) is 34.1 Å². The summed E-state index contributed by atoms with van der Waals surface area (Å²) in [4.78, 5) is 7.57. The first kappa shape index (κ1) is 13.0. The van der Waals surface area contributed by atoms with Gasteiger partial charge in [0.25, 0.3) is 0 Å². The molecule has 6 heteroatoms. The number of anilines is 1. The molecule has 0 radical (unpaired) electrons. The fourth-order valence-corrected chi connectivity index (χ4v) is 3.91. The van der Waals surface area contributed by atoms with Gasteiger partial charge < -0.3 is 10.6 Å². The van der Waals surface area contributed by atoms with Crippen LogP contribution in [0.1, 0.15) is 10.9 Å². The Labute approximate surface area is 128 Å². The van der Waals surface area contributed by atoms with E-state index in [0.29, 0.717) is 17.5 Å². The summed E-state index contributed by atoms with van der Waals surface area (Å²) in [6.07, 6.45) is 0. The normalized spacial score (nSPS) is 18.7. The number of halogens is 2. The molecule has 1 aliphatic heterocycles. The summed E-state index contributed by atoms with van der Waals surface area (Å²) in [6.45, 7) is 0.657. The first-order chi connectivity index (χ1) is 9.16. The monoisotopic (exact) mass is 355 g/mol. The zero-order valence-electron chi connectivity index (χ0n) is 9.88. The van der Waals surface area contributed by atoms with Gasteiger partial charge in [0.2, 0.25) is 0 Å². The van der Waals surface area contributed by atoms with Gasteiger partial charge in [-0.2, -0.15) is 0 Å². The highest BCUT2D eigenvalue weighted by molar-refractivity contribution is 9.10. The van der Waals surface area contributed by atoms with Crippen molar-refractivity contribution < 1.29 is 0 Å². The van der Waals surface area contributed by atoms with Crippen LogP contribution in [-0.2, 0) is 0 Å². The Hall–Kier alpha value is -1.04. The van der Waals surface area contributed by atoms with Crippen molar-refractivity contribution in [3.05, 3.63) is 50.1 Å². The lowest BCUT2D eigenvalue weighted by Crippen LogP contribution is -2.36. The van der Waals surface area contributed by atoms with E-state index in [0.717, 1.165) is 10.2 Å². The van der Waals surface area contributed by atoms with E-state index in [2.05, 4.69) is 32.4 Å². The third-order valence-corrected chi connectivity index (χ3v) is 5.13. The van der Waals surface area contributed by atoms with Crippen LogP contribution in [0.2, 0.25) is 5.02 Å². The van der Waals surface area contributed by atoms with E-state index in [-0.39, 0.29) is 6.04 Å². The predicted octanol–water partition coefficient (Wildman–Crippen LogP) is 4.04. The molecule has 98 valence electrons. The Morgan fingerprint density at radius 2 is 2.21 bits per heavy atom. The maximum absolute atomic E-state index is 6.27. The van der Waals surface area contributed by atoms with Crippen molar-refractivity contribution in [1.82, 2.24) is 0 Å². The van der Waals surface area contributed by atoms with Crippen LogP contribution in [-0.4, -0.2) is 12.5 Å². The Kier molecular flexibility index (Phi) is 3.52. The van der Waals surface area contributed by atoms with Crippen molar-refractivity contribution in [2.45, 2.75) is 6.04 Å². The number of para-hydroxylation sites is 1. The maximum atomic E-state index is 6.27. The first-order valence-electron chi connectivity index (χ1n) is 5.74. The van der Waals surface area contributed by atoms with Crippen LogP contribution in [0.5, 0.6) is 0 Å². The van der Waals surface area contributed by atoms with Crippen molar-refractivity contribution in [1.29, 1.82) is 0 Å². The molecule has 1 aliphatic rings. The average molecular weight is 357 g/mol. The number of aliphatic imine (C=N–C) groups is 1. The molecular formula is C13H11BrClN3S. The van der Waals surface area contributed by atoms with Crippen LogP contribution in [0, 0.1) is 0 Å². The van der Waals surface area contributed by atoms with Crippen LogP contribution < -0.4 is 10.6 Å². The highest BCUT2D eigenvalue weighted by atomic mass is 79.9. The third-order valence-electron chi connectivity index (χ3n) is 3.01. The van der Waals surface area contributed by atoms with Crippen molar-refractivity contribution in [3.8, 4) is 0 Å². The molecule has 1 aromatic heterocycles. The molecule has 0 amide bonds. The number of nitrogens with zero attached hydrogens (tertiary/aromatic N) is 2. The Morgan fingerprint density at radius 3 is 2.89 bits per heavy atom. The number of benzene rings is 1. The lowest BCUT2D eigenvalue weighted by Gasteiger charge is -2.26. The molecular weight excluding hydrogens is 346 g/mol. The van der Waals surface area contributed by atoms with Gasteiger partial charge in [-0.1, -0.05) is 23.7 Å². The molecule has 1 unspecified atom stereocenters. The minimum atomic E-state index is 0.121. The fourth-order valence-electron chi connectivity index (χ4n) is 2.16. The quantitative estimate of drug-likeness (QED) is 0.882. The second-order valence-electron chi connectivity index (χ2n) is 4.20. The second kappa shape index (κ2) is 5.15. The van der Waals surface area contributed by atoms with E-state index in [4.69, 9.17) is 17.3 Å². The van der Waals surface area contributed by atoms with Gasteiger partial charge >= 0.3 is 0 Å². The molecule has 0 aliphatic carbocycles. The standard InChI is InChI=1S/C13H11BrClN3S/c14-8-5-12(19-7-8)11-6-17-13(16)18(11)10-4-2-1-3-9(10)15/h1-5,7,11H,6H2,(H2,16,17). The molecule has 2 aromatic rings. The first-order valence-corrected chi connectivity index (χ1v) is 7.79. The smallest absolute Gasteiger partial charge is 0.196 e. The zero-order valence-corrected chi connectivity index (χ0v) is 13.0. The van der Waals surface area contributed by atoms with E-state index in [1.165, 1.54) is 4.88 Å². The van der Waals surface area contributed by atoms with Crippen molar-refractivity contribution in [2.75, 3.05) is 11.4 Å². The number of hydrogen-bond acceptors (Lipinski definition) is 4. The van der Waals surface area contributed by atoms with Crippen LogP contribution >= 0.6 is 38.9 Å². The van der Waals surface area contributed by atoms with Crippen LogP contribution in [0.15, 0.2) is 45.2 Å². The second-order valence-corrected chi connectivity index (χ2v) is 6.47. The third kappa shape index (κ3) is 2.38. The summed E-state index contributed by atoms with van der Waals surface area (Å²) in [5.74, 6) is 0.516. The maximum Gasteiger partial charge on any atom is 0.196 e. The van der Waals surface area contributed by atoms with Crippen LogP contribution in [0.3, 0.4) is 0 Å². The topological polar surface area (TPSA) is 41.6 Å². The SMILES string of the molecule is NC1=NCC(c2cc(Br)cs2)N1c1ccccc1Cl. The molecule has 19 heavy (non-hydrogen) atoms. The summed E-state index contributed by atoms with van der Waals surface area (Å²) in [6, 6.07) is 9.92. The summed E-state index contributed by atoms with van der Waals surface area (Å²) in [5, 5.41) is 2.75. The molecule has 3 nitrogen and oxygen atoms in total. The lowest BCUT2D eigenvalue weighted by molar-refractivity contribution is 0.784. The highest BCUT2D eigenvalue weighted by Crippen LogP contribution is 2.38. The van der Waals surface area contributed by atoms with E-state index in [9.17, 15) is 0 Å². The molecule has 0 fully saturated rings. The van der Waals surface area contributed by atoms with Gasteiger partial charge in [-0.3, -0.25) is 4.99 Å². The molecule has 1 atom stereocenters. The Bertz CT molecular complexity index is 640. The van der Waals surface area contributed by atoms with Gasteiger partial charge in [0.1, 0.15) is 0 Å². The summed E-state index contributed by atoms with van der Waals surface area (Å²) in [7, 11) is 0. The Balaban J connectivity index is 2.02. The van der Waals surface area contributed by atoms with E-state index >= 15 is 0 Å². The van der Waals surface area contributed by atoms with Crippen molar-refractivity contribution in [2.24, 2.45) is 10.7 Å². The average Bonchev–Trinajstić information content (AvgIpc) is 2.96. The van der Waals surface area contributed by atoms with Crippen LogP contribution in [0.25, 0.3) is 0 Å². The fraction of sp³-hybridized carbons (Fsp3) is 0.154. The minimum Gasteiger partial charge on any atom is -0.369 e. The molecule has 0 saturated heterocycles. The zero-order chi connectivity index (χ0) is 13.4. The largest absolute Gasteiger partial charge is 0.369 e. The number of thiophene rings is 1. The number of guanidine groups is 1. The van der Waals surface area contributed by atoms with Crippen LogP contribution in [0.4, 0.5) is 5.69 Å². The van der Waals surface area contributed by atoms with E-state index < -0.39 is 0 Å². The number of hydrogen-bond donors (Lipinski definition) is 1. The van der Waals surface area contributed by atoms with E-state index in [1.807, 2.05) is 29.2 Å². The van der Waals surface area contributed by atoms with Crippen molar-refractivity contribution in [3.63, 3.8) is 0 Å². The number of rotatable bonds is 2. The summed E-state index contributed by atoms with van der Waals surface area (Å²) >= 11 is 11.4. The van der Waals surface area contributed by atoms with Crippen molar-refractivity contribution >= 4 is 50.5 Å². The number of nitrogens with two attached hydrogens (primary N) is 1. The predicted molar refractivity (Wildman–Crippen MR) is 85.2 cm³/mol. The molecule has 2 N–H and O–H groups in total. The highest BCUT2D eigenvalue weighted by Gasteiger charge is 2.30. The van der Waals surface area contributed by atoms with Gasteiger partial charge in [-0.15, -0.1) is 11.3 Å². The van der Waals surface area contributed by atoms with Gasteiger partial charge in [-0.25, -0.2) is 0 Å². The summed E-state index contributed by atoms with van der Waals surface area (Å²) in [5.41, 5.74) is 6.93. The van der Waals surface area contributed by atoms with Gasteiger partial charge in [0, 0.05) is 14.7 Å². The molecule has 2 heterocycles. The Morgan fingerprint density at radius 1 is 1.42 bits per heavy atom. The van der Waals surface area contributed by atoms with E-state index in [1.54, 1.807) is 11.3 Å². The molecule has 3 rings (SSSR count). The van der Waals surface area contributed by atoms with Gasteiger partial charge in [0.15, 0.2) is 5.96 Å². The molecule has 0 saturated carbocycles. The summed E-state index contributed by atoms with van der Waals surface area (Å²) < 4.78 is 1.08.